The van der Waals surface area contributed by atoms with Crippen molar-refractivity contribution < 1.29 is 4.57 Å². The van der Waals surface area contributed by atoms with Crippen molar-refractivity contribution in [3.63, 3.8) is 0 Å². The van der Waals surface area contributed by atoms with Crippen LogP contribution in [0.15, 0.2) is 255 Å². The molecule has 2 aromatic heterocycles. The van der Waals surface area contributed by atoms with E-state index in [0.29, 0.717) is 5.82 Å². The van der Waals surface area contributed by atoms with Gasteiger partial charge >= 0.3 is 0 Å². The molecule has 0 bridgehead atoms. The molecule has 4 nitrogen and oxygen atoms in total. The number of pyridine rings is 1. The van der Waals surface area contributed by atoms with Crippen molar-refractivity contribution in [1.29, 1.82) is 0 Å². The molecule has 0 unspecified atom stereocenters. The molecule has 5 heteroatoms. The highest BCUT2D eigenvalue weighted by molar-refractivity contribution is 7.85. The molecule has 0 amide bonds. The van der Waals surface area contributed by atoms with Gasteiger partial charge in [-0.05, 0) is 84.3 Å². The molecule has 316 valence electrons. The van der Waals surface area contributed by atoms with Gasteiger partial charge in [-0.25, -0.2) is 9.50 Å². The largest absolute Gasteiger partial charge is 0.309 e. The summed E-state index contributed by atoms with van der Waals surface area (Å²) >= 11 is 0. The normalized spacial score (nSPS) is 11.6. The summed E-state index contributed by atoms with van der Waals surface area (Å²) in [6, 6.07) is 86.1. The van der Waals surface area contributed by atoms with Crippen LogP contribution in [0.2, 0.25) is 0 Å². The van der Waals surface area contributed by atoms with Gasteiger partial charge in [0.15, 0.2) is 18.6 Å². The predicted molar refractivity (Wildman–Crippen MR) is 280 cm³/mol. The van der Waals surface area contributed by atoms with Crippen molar-refractivity contribution in [2.24, 2.45) is 0 Å². The molecule has 0 atom stereocenters. The summed E-state index contributed by atoms with van der Waals surface area (Å²) in [6.07, 6.45) is 2.08. The van der Waals surface area contributed by atoms with Crippen molar-refractivity contribution in [3.05, 3.63) is 255 Å². The molecule has 0 spiro atoms. The molecule has 0 N–H and O–H groups in total. The van der Waals surface area contributed by atoms with Gasteiger partial charge in [-0.2, -0.15) is 0 Å². The lowest BCUT2D eigenvalue weighted by molar-refractivity contribution is 0.592. The highest BCUT2D eigenvalue weighted by Crippen LogP contribution is 2.46. The van der Waals surface area contributed by atoms with Crippen molar-refractivity contribution >= 4 is 50.2 Å². The van der Waals surface area contributed by atoms with E-state index < -0.39 is 7.14 Å². The average Bonchev–Trinajstić information content (AvgIpc) is 3.85. The third kappa shape index (κ3) is 7.16. The molecule has 0 radical (unpaired) electrons. The number of aromatic nitrogens is 3. The van der Waals surface area contributed by atoms with Gasteiger partial charge in [0.2, 0.25) is 0 Å². The maximum Gasteiger partial charge on any atom is 0.182 e. The number of fused-ring (bicyclic) bond motifs is 3. The Morgan fingerprint density at radius 3 is 1.30 bits per heavy atom. The quantitative estimate of drug-likeness (QED) is 0.107. The van der Waals surface area contributed by atoms with E-state index >= 15 is 4.57 Å². The van der Waals surface area contributed by atoms with E-state index in [-0.39, 0.29) is 0 Å². The number of benzene rings is 10. The van der Waals surface area contributed by atoms with Crippen molar-refractivity contribution in [2.75, 3.05) is 0 Å². The standard InChI is InChI=1S/C62H42N3OP/c66-67(51-27-9-3-10-28-51,52-29-11-4-12-30-52)53-37-35-45(36-38-53)59-54-31-13-15-33-56(54)60(57-34-16-14-32-55(57)59)48-25-17-23-46(39-48)47-24-18-26-49(40-47)61-63-62-58(44-21-7-2-8-22-44)41-50(42-65(62)64-61)43-19-5-1-6-20-43/h1-42H. The Kier molecular flexibility index (Phi) is 10.1. The smallest absolute Gasteiger partial charge is 0.182 e. The maximum absolute atomic E-state index is 15.3. The molecule has 0 aliphatic heterocycles. The van der Waals surface area contributed by atoms with E-state index in [1.165, 1.54) is 16.3 Å². The Balaban J connectivity index is 0.946. The number of rotatable bonds is 9. The van der Waals surface area contributed by atoms with Crippen LogP contribution < -0.4 is 15.9 Å². The summed E-state index contributed by atoms with van der Waals surface area (Å²) in [5.74, 6) is 0.670. The summed E-state index contributed by atoms with van der Waals surface area (Å²) in [5, 5.41) is 12.2. The number of hydrogen-bond acceptors (Lipinski definition) is 3. The Labute approximate surface area is 389 Å². The average molecular weight is 876 g/mol. The first-order valence-corrected chi connectivity index (χ1v) is 24.3. The lowest BCUT2D eigenvalue weighted by Gasteiger charge is -2.21. The molecule has 0 aliphatic rings. The molecule has 0 aliphatic carbocycles. The molecule has 2 heterocycles. The summed E-state index contributed by atoms with van der Waals surface area (Å²) in [4.78, 5) is 5.18. The zero-order valence-electron chi connectivity index (χ0n) is 36.4. The van der Waals surface area contributed by atoms with Crippen LogP contribution in [-0.4, -0.2) is 14.6 Å². The van der Waals surface area contributed by atoms with Crippen molar-refractivity contribution in [2.45, 2.75) is 0 Å². The van der Waals surface area contributed by atoms with Crippen LogP contribution in [0, 0.1) is 0 Å². The second-order valence-corrected chi connectivity index (χ2v) is 19.7. The van der Waals surface area contributed by atoms with Crippen molar-refractivity contribution in [3.8, 4) is 67.0 Å². The number of nitrogens with zero attached hydrogens (tertiary/aromatic N) is 3. The van der Waals surface area contributed by atoms with Crippen LogP contribution in [0.4, 0.5) is 0 Å². The Hall–Kier alpha value is -8.43. The van der Waals surface area contributed by atoms with E-state index in [0.717, 1.165) is 88.0 Å². The fraction of sp³-hybridized carbons (Fsp3) is 0. The molecular formula is C62H42N3OP. The maximum atomic E-state index is 15.3. The Morgan fingerprint density at radius 1 is 0.328 bits per heavy atom. The molecule has 0 saturated carbocycles. The minimum atomic E-state index is -3.12. The molecule has 0 saturated heterocycles. The van der Waals surface area contributed by atoms with E-state index in [9.17, 15) is 0 Å². The highest BCUT2D eigenvalue weighted by atomic mass is 31.2. The second kappa shape index (κ2) is 16.8. The highest BCUT2D eigenvalue weighted by Gasteiger charge is 2.30. The van der Waals surface area contributed by atoms with Crippen molar-refractivity contribution in [1.82, 2.24) is 14.6 Å². The first kappa shape index (κ1) is 40.1. The summed E-state index contributed by atoms with van der Waals surface area (Å²) < 4.78 is 17.2. The third-order valence-electron chi connectivity index (χ3n) is 12.9. The fourth-order valence-electron chi connectivity index (χ4n) is 9.73. The molecule has 0 fully saturated rings. The van der Waals surface area contributed by atoms with E-state index in [1.807, 2.05) is 77.3 Å². The molecule has 12 aromatic rings. The van der Waals surface area contributed by atoms with Crippen LogP contribution in [0.1, 0.15) is 0 Å². The first-order valence-electron chi connectivity index (χ1n) is 22.6. The van der Waals surface area contributed by atoms with E-state index in [4.69, 9.17) is 10.1 Å². The minimum Gasteiger partial charge on any atom is -0.309 e. The zero-order valence-corrected chi connectivity index (χ0v) is 37.3. The van der Waals surface area contributed by atoms with Gasteiger partial charge in [-0.15, -0.1) is 5.10 Å². The molecular weight excluding hydrogens is 834 g/mol. The van der Waals surface area contributed by atoms with Gasteiger partial charge in [0, 0.05) is 38.8 Å². The van der Waals surface area contributed by atoms with Gasteiger partial charge in [0.25, 0.3) is 0 Å². The van der Waals surface area contributed by atoms with Crippen LogP contribution in [0.5, 0.6) is 0 Å². The van der Waals surface area contributed by atoms with Crippen LogP contribution in [0.25, 0.3) is 94.2 Å². The lowest BCUT2D eigenvalue weighted by Crippen LogP contribution is -2.24. The van der Waals surface area contributed by atoms with E-state index in [2.05, 4.69) is 182 Å². The van der Waals surface area contributed by atoms with Gasteiger partial charge in [-0.3, -0.25) is 0 Å². The summed E-state index contributed by atoms with van der Waals surface area (Å²) in [5.41, 5.74) is 12.8. The molecule has 10 aromatic carbocycles. The van der Waals surface area contributed by atoms with Gasteiger partial charge in [0.05, 0.1) is 0 Å². The second-order valence-electron chi connectivity index (χ2n) is 16.9. The predicted octanol–water partition coefficient (Wildman–Crippen LogP) is 14.7. The SMILES string of the molecule is O=P(c1ccccc1)(c1ccccc1)c1ccc(-c2c3ccccc3c(-c3cccc(-c4cccc(-c5nc6c(-c7ccccc7)cc(-c7ccccc7)cn6n5)c4)c3)c3ccccc23)cc1. The summed E-state index contributed by atoms with van der Waals surface area (Å²) in [6.45, 7) is 0. The molecule has 12 rings (SSSR count). The van der Waals surface area contributed by atoms with Gasteiger partial charge in [0.1, 0.15) is 0 Å². The first-order chi connectivity index (χ1) is 33.1. The third-order valence-corrected chi connectivity index (χ3v) is 16.0. The topological polar surface area (TPSA) is 47.3 Å². The van der Waals surface area contributed by atoms with E-state index in [1.54, 1.807) is 0 Å². The van der Waals surface area contributed by atoms with Crippen LogP contribution >= 0.6 is 7.14 Å². The molecule has 67 heavy (non-hydrogen) atoms. The monoisotopic (exact) mass is 875 g/mol. The van der Waals surface area contributed by atoms with Crippen LogP contribution in [-0.2, 0) is 4.57 Å². The summed E-state index contributed by atoms with van der Waals surface area (Å²) in [7, 11) is -3.12. The van der Waals surface area contributed by atoms with Gasteiger partial charge < -0.3 is 4.57 Å². The Bertz CT molecular complexity index is 3710. The number of hydrogen-bond donors (Lipinski definition) is 0. The lowest BCUT2D eigenvalue weighted by atomic mass is 9.85. The zero-order chi connectivity index (χ0) is 44.7. The Morgan fingerprint density at radius 2 is 0.746 bits per heavy atom. The van der Waals surface area contributed by atoms with Gasteiger partial charge in [-0.1, -0.05) is 231 Å². The van der Waals surface area contributed by atoms with Crippen LogP contribution in [0.3, 0.4) is 0 Å². The fourth-order valence-corrected chi connectivity index (χ4v) is 12.4. The minimum absolute atomic E-state index is 0.670.